The van der Waals surface area contributed by atoms with Gasteiger partial charge in [-0.3, -0.25) is 4.79 Å². The first-order valence-corrected chi connectivity index (χ1v) is 9.63. The van der Waals surface area contributed by atoms with Crippen LogP contribution in [0.5, 0.6) is 5.75 Å². The summed E-state index contributed by atoms with van der Waals surface area (Å²) in [6, 6.07) is 11.1. The largest absolute Gasteiger partial charge is 0.497 e. The highest BCUT2D eigenvalue weighted by molar-refractivity contribution is 5.90. The molecular formula is C23H31NO4. The van der Waals surface area contributed by atoms with Crippen LogP contribution >= 0.6 is 0 Å². The Kier molecular flexibility index (Phi) is 6.70. The van der Waals surface area contributed by atoms with Gasteiger partial charge in [0.05, 0.1) is 13.0 Å². The van der Waals surface area contributed by atoms with Gasteiger partial charge in [0.2, 0.25) is 5.91 Å². The Morgan fingerprint density at radius 3 is 2.14 bits per heavy atom. The lowest BCUT2D eigenvalue weighted by atomic mass is 9.95. The number of benzene rings is 2. The van der Waals surface area contributed by atoms with Crippen LogP contribution in [0, 0.1) is 5.92 Å². The third-order valence-corrected chi connectivity index (χ3v) is 4.59. The van der Waals surface area contributed by atoms with Crippen LogP contribution in [0.1, 0.15) is 53.0 Å². The highest BCUT2D eigenvalue weighted by Crippen LogP contribution is 2.25. The summed E-state index contributed by atoms with van der Waals surface area (Å²) in [6.45, 7) is 11.1. The van der Waals surface area contributed by atoms with Gasteiger partial charge in [0.1, 0.15) is 17.4 Å². The number of hydrogen-bond acceptors (Lipinski definition) is 4. The number of rotatable bonds is 6. The summed E-state index contributed by atoms with van der Waals surface area (Å²) in [6.07, 6.45) is 0. The van der Waals surface area contributed by atoms with Gasteiger partial charge in [-0.2, -0.15) is 0 Å². The molecule has 0 fully saturated rings. The zero-order valence-corrected chi connectivity index (χ0v) is 17.8. The Hall–Kier alpha value is -2.56. The van der Waals surface area contributed by atoms with Gasteiger partial charge < -0.3 is 14.8 Å². The van der Waals surface area contributed by atoms with Crippen molar-refractivity contribution in [2.75, 3.05) is 7.11 Å². The molecule has 152 valence electrons. The SMILES string of the molecule is COc1ccc2cc([C@H](C)C(=O)N[C@@H](C(=O)OC(C)(C)C)C(C)C)ccc2c1. The Morgan fingerprint density at radius 1 is 0.964 bits per heavy atom. The minimum absolute atomic E-state index is 0.0740. The number of nitrogens with one attached hydrogen (secondary N) is 1. The van der Waals surface area contributed by atoms with E-state index in [9.17, 15) is 9.59 Å². The molecule has 2 atom stereocenters. The third-order valence-electron chi connectivity index (χ3n) is 4.59. The second-order valence-corrected chi connectivity index (χ2v) is 8.46. The summed E-state index contributed by atoms with van der Waals surface area (Å²) in [5.41, 5.74) is 0.293. The average Bonchev–Trinajstić information content (AvgIpc) is 2.62. The monoisotopic (exact) mass is 385 g/mol. The normalized spacial score (nSPS) is 13.9. The standard InChI is InChI=1S/C23H31NO4/c1-14(2)20(22(26)28-23(4,5)6)24-21(25)15(3)16-8-9-18-13-19(27-7)11-10-17(18)12-16/h8-15,20H,1-7H3,(H,24,25)/t15-,20+/m0/s1. The van der Waals surface area contributed by atoms with E-state index in [1.165, 1.54) is 0 Å². The van der Waals surface area contributed by atoms with Crippen LogP contribution in [-0.2, 0) is 14.3 Å². The summed E-state index contributed by atoms with van der Waals surface area (Å²) < 4.78 is 10.7. The van der Waals surface area contributed by atoms with E-state index in [-0.39, 0.29) is 11.8 Å². The molecule has 28 heavy (non-hydrogen) atoms. The third kappa shape index (κ3) is 5.47. The number of carbonyl (C=O) groups excluding carboxylic acids is 2. The molecule has 0 aromatic heterocycles. The minimum Gasteiger partial charge on any atom is -0.497 e. The van der Waals surface area contributed by atoms with Crippen molar-refractivity contribution in [2.24, 2.45) is 5.92 Å². The molecule has 0 aliphatic carbocycles. The van der Waals surface area contributed by atoms with Crippen molar-refractivity contribution in [3.8, 4) is 5.75 Å². The van der Waals surface area contributed by atoms with Crippen LogP contribution in [0.25, 0.3) is 10.8 Å². The number of amides is 1. The van der Waals surface area contributed by atoms with Crippen LogP contribution in [0.2, 0.25) is 0 Å². The number of carbonyl (C=O) groups is 2. The summed E-state index contributed by atoms with van der Waals surface area (Å²) in [4.78, 5) is 25.3. The molecular weight excluding hydrogens is 354 g/mol. The molecule has 5 nitrogen and oxygen atoms in total. The van der Waals surface area contributed by atoms with Crippen molar-refractivity contribution in [3.05, 3.63) is 42.0 Å². The lowest BCUT2D eigenvalue weighted by Gasteiger charge is -2.27. The van der Waals surface area contributed by atoms with Gasteiger partial charge in [0, 0.05) is 0 Å². The molecule has 1 N–H and O–H groups in total. The number of hydrogen-bond donors (Lipinski definition) is 1. The van der Waals surface area contributed by atoms with Gasteiger partial charge in [-0.25, -0.2) is 4.79 Å². The highest BCUT2D eigenvalue weighted by atomic mass is 16.6. The summed E-state index contributed by atoms with van der Waals surface area (Å²) in [5, 5.41) is 4.95. The lowest BCUT2D eigenvalue weighted by Crippen LogP contribution is -2.48. The van der Waals surface area contributed by atoms with Crippen LogP contribution < -0.4 is 10.1 Å². The molecule has 5 heteroatoms. The zero-order valence-electron chi connectivity index (χ0n) is 17.8. The quantitative estimate of drug-likeness (QED) is 0.747. The van der Waals surface area contributed by atoms with Gasteiger partial charge >= 0.3 is 5.97 Å². The Labute approximate surface area is 167 Å². The van der Waals surface area contributed by atoms with E-state index in [2.05, 4.69) is 5.32 Å². The van der Waals surface area contributed by atoms with Gasteiger partial charge in [0.15, 0.2) is 0 Å². The maximum absolute atomic E-state index is 12.8. The molecule has 0 spiro atoms. The van der Waals surface area contributed by atoms with E-state index in [1.54, 1.807) is 7.11 Å². The minimum atomic E-state index is -0.682. The lowest BCUT2D eigenvalue weighted by molar-refractivity contribution is -0.160. The van der Waals surface area contributed by atoms with Crippen LogP contribution in [0.4, 0.5) is 0 Å². The molecule has 0 saturated heterocycles. The van der Waals surface area contributed by atoms with Crippen molar-refractivity contribution < 1.29 is 19.1 Å². The second-order valence-electron chi connectivity index (χ2n) is 8.46. The van der Waals surface area contributed by atoms with Crippen molar-refractivity contribution in [2.45, 2.75) is 59.1 Å². The molecule has 0 aliphatic rings. The number of methoxy groups -OCH3 is 1. The van der Waals surface area contributed by atoms with Gasteiger partial charge in [-0.1, -0.05) is 38.1 Å². The van der Waals surface area contributed by atoms with Crippen molar-refractivity contribution in [1.29, 1.82) is 0 Å². The van der Waals surface area contributed by atoms with Gasteiger partial charge in [-0.15, -0.1) is 0 Å². The fraction of sp³-hybridized carbons (Fsp3) is 0.478. The maximum Gasteiger partial charge on any atom is 0.329 e. The van der Waals surface area contributed by atoms with E-state index >= 15 is 0 Å². The smallest absolute Gasteiger partial charge is 0.329 e. The molecule has 1 amide bonds. The first-order valence-electron chi connectivity index (χ1n) is 9.63. The Morgan fingerprint density at radius 2 is 1.57 bits per heavy atom. The van der Waals surface area contributed by atoms with E-state index in [0.717, 1.165) is 22.1 Å². The van der Waals surface area contributed by atoms with E-state index in [4.69, 9.17) is 9.47 Å². The molecule has 0 saturated carbocycles. The van der Waals surface area contributed by atoms with Crippen LogP contribution in [-0.4, -0.2) is 30.6 Å². The second kappa shape index (κ2) is 8.63. The molecule has 0 bridgehead atoms. The van der Waals surface area contributed by atoms with E-state index in [0.29, 0.717) is 0 Å². The van der Waals surface area contributed by atoms with Crippen molar-refractivity contribution in [1.82, 2.24) is 5.32 Å². The fourth-order valence-electron chi connectivity index (χ4n) is 2.93. The number of esters is 1. The highest BCUT2D eigenvalue weighted by Gasteiger charge is 2.30. The molecule has 2 rings (SSSR count). The zero-order chi connectivity index (χ0) is 21.1. The van der Waals surface area contributed by atoms with Crippen molar-refractivity contribution in [3.63, 3.8) is 0 Å². The number of ether oxygens (including phenoxy) is 2. The maximum atomic E-state index is 12.8. The molecule has 0 aliphatic heterocycles. The summed E-state index contributed by atoms with van der Waals surface area (Å²) in [5.74, 6) is -0.278. The van der Waals surface area contributed by atoms with Gasteiger partial charge in [-0.05, 0) is 62.1 Å². The Balaban J connectivity index is 2.18. The van der Waals surface area contributed by atoms with E-state index in [1.807, 2.05) is 77.9 Å². The fourth-order valence-corrected chi connectivity index (χ4v) is 2.93. The van der Waals surface area contributed by atoms with Crippen LogP contribution in [0.3, 0.4) is 0 Å². The average molecular weight is 386 g/mol. The first-order chi connectivity index (χ1) is 13.0. The summed E-state index contributed by atoms with van der Waals surface area (Å²) in [7, 11) is 1.64. The number of fused-ring (bicyclic) bond motifs is 1. The van der Waals surface area contributed by atoms with Crippen molar-refractivity contribution >= 4 is 22.6 Å². The van der Waals surface area contributed by atoms with E-state index < -0.39 is 23.5 Å². The summed E-state index contributed by atoms with van der Waals surface area (Å²) >= 11 is 0. The Bertz CT molecular complexity index is 851. The predicted octanol–water partition coefficient (Wildman–Crippen LogP) is 4.43. The molecule has 2 aromatic rings. The molecule has 0 radical (unpaired) electrons. The first kappa shape index (κ1) is 21.7. The molecule has 2 aromatic carbocycles. The van der Waals surface area contributed by atoms with Crippen LogP contribution in [0.15, 0.2) is 36.4 Å². The predicted molar refractivity (Wildman–Crippen MR) is 112 cm³/mol. The topological polar surface area (TPSA) is 64.6 Å². The molecule has 0 heterocycles. The molecule has 0 unspecified atom stereocenters. The van der Waals surface area contributed by atoms with Gasteiger partial charge in [0.25, 0.3) is 0 Å².